The van der Waals surface area contributed by atoms with Crippen LogP contribution in [-0.4, -0.2) is 39.1 Å². The molecule has 2 aromatic carbocycles. The highest BCUT2D eigenvalue weighted by Gasteiger charge is 2.27. The van der Waals surface area contributed by atoms with Crippen LogP contribution in [0, 0.1) is 12.8 Å². The van der Waals surface area contributed by atoms with Gasteiger partial charge in [-0.25, -0.2) is 0 Å². The number of halogens is 1. The minimum Gasteiger partial charge on any atom is -0.508 e. The van der Waals surface area contributed by atoms with E-state index in [1.165, 1.54) is 23.6 Å². The molecule has 0 saturated heterocycles. The van der Waals surface area contributed by atoms with Crippen molar-refractivity contribution in [2.45, 2.75) is 26.7 Å². The lowest BCUT2D eigenvalue weighted by Gasteiger charge is -2.15. The van der Waals surface area contributed by atoms with Crippen molar-refractivity contribution in [3.8, 4) is 5.75 Å². The first kappa shape index (κ1) is 22.4. The predicted octanol–water partition coefficient (Wildman–Crippen LogP) is 3.94. The number of phenols is 1. The molecule has 2 atom stereocenters. The molecule has 2 unspecified atom stereocenters. The van der Waals surface area contributed by atoms with E-state index in [-0.39, 0.29) is 24.1 Å². The van der Waals surface area contributed by atoms with Gasteiger partial charge in [-0.1, -0.05) is 18.5 Å². The summed E-state index contributed by atoms with van der Waals surface area (Å²) < 4.78 is 1.51. The van der Waals surface area contributed by atoms with E-state index in [2.05, 4.69) is 5.32 Å². The number of rotatable bonds is 6. The molecule has 8 heteroatoms. The van der Waals surface area contributed by atoms with Crippen LogP contribution in [0.3, 0.4) is 0 Å². The Morgan fingerprint density at radius 2 is 1.74 bits per heavy atom. The van der Waals surface area contributed by atoms with E-state index < -0.39 is 17.8 Å². The molecule has 31 heavy (non-hydrogen) atoms. The number of aromatic hydroxyl groups is 1. The van der Waals surface area contributed by atoms with E-state index in [0.717, 1.165) is 0 Å². The Kier molecular flexibility index (Phi) is 6.36. The first-order chi connectivity index (χ1) is 14.6. The van der Waals surface area contributed by atoms with Gasteiger partial charge < -0.3 is 15.5 Å². The van der Waals surface area contributed by atoms with Crippen LogP contribution in [0.15, 0.2) is 42.5 Å². The number of hydrogen-bond acceptors (Lipinski definition) is 4. The highest BCUT2D eigenvalue weighted by atomic mass is 35.5. The van der Waals surface area contributed by atoms with Crippen LogP contribution >= 0.6 is 11.6 Å². The maximum Gasteiger partial charge on any atom is 0.308 e. The van der Waals surface area contributed by atoms with E-state index in [9.17, 15) is 19.5 Å². The molecule has 1 amide bonds. The summed E-state index contributed by atoms with van der Waals surface area (Å²) in [7, 11) is 0. The minimum atomic E-state index is -1.00. The summed E-state index contributed by atoms with van der Waals surface area (Å²) >= 11 is 5.93. The zero-order valence-corrected chi connectivity index (χ0v) is 18.1. The van der Waals surface area contributed by atoms with Crippen molar-refractivity contribution in [1.82, 2.24) is 9.88 Å². The number of carbonyl (C=O) groups excluding carboxylic acids is 2. The largest absolute Gasteiger partial charge is 0.508 e. The fourth-order valence-electron chi connectivity index (χ4n) is 3.59. The Labute approximate surface area is 184 Å². The molecular formula is C23H23ClN2O5. The van der Waals surface area contributed by atoms with Crippen molar-refractivity contribution in [3.63, 3.8) is 0 Å². The van der Waals surface area contributed by atoms with E-state index in [0.29, 0.717) is 32.7 Å². The molecule has 0 aliphatic rings. The van der Waals surface area contributed by atoms with Gasteiger partial charge in [-0.05, 0) is 61.9 Å². The number of amides is 1. The summed E-state index contributed by atoms with van der Waals surface area (Å²) in [6.07, 6.45) is 0. The number of nitrogens with one attached hydrogen (secondary N) is 1. The third-order valence-electron chi connectivity index (χ3n) is 5.36. The van der Waals surface area contributed by atoms with Crippen molar-refractivity contribution in [1.29, 1.82) is 0 Å². The Morgan fingerprint density at radius 1 is 1.10 bits per heavy atom. The highest BCUT2D eigenvalue weighted by molar-refractivity contribution is 6.30. The lowest BCUT2D eigenvalue weighted by Crippen LogP contribution is -2.34. The average molecular weight is 443 g/mol. The van der Waals surface area contributed by atoms with Gasteiger partial charge in [-0.15, -0.1) is 0 Å². The molecule has 162 valence electrons. The maximum absolute atomic E-state index is 13.3. The number of hydrogen-bond donors (Lipinski definition) is 3. The zero-order valence-electron chi connectivity index (χ0n) is 17.3. The molecule has 1 heterocycles. The summed E-state index contributed by atoms with van der Waals surface area (Å²) in [5, 5.41) is 22.8. The average Bonchev–Trinajstić information content (AvgIpc) is 3.01. The second-order valence-corrected chi connectivity index (χ2v) is 7.99. The molecule has 7 nitrogen and oxygen atoms in total. The lowest BCUT2D eigenvalue weighted by molar-refractivity contribution is -0.141. The van der Waals surface area contributed by atoms with Gasteiger partial charge in [-0.3, -0.25) is 19.0 Å². The number of benzene rings is 2. The summed E-state index contributed by atoms with van der Waals surface area (Å²) in [4.78, 5) is 37.1. The summed E-state index contributed by atoms with van der Waals surface area (Å²) in [6, 6.07) is 11.1. The molecule has 3 rings (SSSR count). The highest BCUT2D eigenvalue weighted by Crippen LogP contribution is 2.34. The topological polar surface area (TPSA) is 109 Å². The van der Waals surface area contributed by atoms with Gasteiger partial charge in [0.2, 0.25) is 5.91 Å². The molecule has 0 aliphatic carbocycles. The van der Waals surface area contributed by atoms with Gasteiger partial charge in [-0.2, -0.15) is 0 Å². The van der Waals surface area contributed by atoms with Crippen molar-refractivity contribution < 1.29 is 24.6 Å². The minimum absolute atomic E-state index is 0.00878. The lowest BCUT2D eigenvalue weighted by atomic mass is 9.96. The first-order valence-electron chi connectivity index (χ1n) is 9.76. The fraction of sp³-hybridized carbons (Fsp3) is 0.261. The second kappa shape index (κ2) is 8.81. The van der Waals surface area contributed by atoms with E-state index in [1.807, 2.05) is 0 Å². The van der Waals surface area contributed by atoms with Crippen LogP contribution in [-0.2, 0) is 9.59 Å². The van der Waals surface area contributed by atoms with Crippen molar-refractivity contribution in [3.05, 3.63) is 64.3 Å². The van der Waals surface area contributed by atoms with Gasteiger partial charge in [0, 0.05) is 28.2 Å². The van der Waals surface area contributed by atoms with Crippen molar-refractivity contribution in [2.75, 3.05) is 6.54 Å². The van der Waals surface area contributed by atoms with Crippen LogP contribution in [0.4, 0.5) is 0 Å². The Balaban J connectivity index is 2.06. The van der Waals surface area contributed by atoms with E-state index >= 15 is 0 Å². The number of nitrogens with zero attached hydrogens (tertiary/aromatic N) is 1. The third kappa shape index (κ3) is 4.41. The third-order valence-corrected chi connectivity index (χ3v) is 5.61. The number of carboxylic acids is 1. The first-order valence-corrected chi connectivity index (χ1v) is 10.1. The zero-order chi connectivity index (χ0) is 22.9. The summed E-state index contributed by atoms with van der Waals surface area (Å²) in [5.41, 5.74) is 2.14. The number of fused-ring (bicyclic) bond motifs is 1. The Bertz CT molecular complexity index is 1170. The van der Waals surface area contributed by atoms with Gasteiger partial charge in [0.05, 0.1) is 17.4 Å². The molecule has 1 aromatic heterocycles. The molecule has 0 saturated carbocycles. The van der Waals surface area contributed by atoms with Crippen LogP contribution in [0.25, 0.3) is 10.9 Å². The number of carboxylic acid groups (broad SMARTS) is 1. The van der Waals surface area contributed by atoms with Crippen molar-refractivity contribution in [2.24, 2.45) is 5.92 Å². The number of aromatic nitrogens is 1. The molecular weight excluding hydrogens is 420 g/mol. The summed E-state index contributed by atoms with van der Waals surface area (Å²) in [5.74, 6) is -3.05. The van der Waals surface area contributed by atoms with Crippen LogP contribution < -0.4 is 5.32 Å². The number of aliphatic carboxylic acids is 1. The van der Waals surface area contributed by atoms with Gasteiger partial charge >= 0.3 is 5.97 Å². The van der Waals surface area contributed by atoms with Gasteiger partial charge in [0.15, 0.2) is 0 Å². The SMILES string of the molecule is Cc1c(C(C)C(=O)NCC(C)C(=O)O)c2cc(O)ccc2n1C(=O)c1ccc(Cl)cc1. The number of carbonyl (C=O) groups is 3. The monoisotopic (exact) mass is 442 g/mol. The molecule has 3 N–H and O–H groups in total. The molecule has 0 bridgehead atoms. The van der Waals surface area contributed by atoms with Crippen molar-refractivity contribution >= 4 is 40.3 Å². The summed E-state index contributed by atoms with van der Waals surface area (Å²) in [6.45, 7) is 4.92. The standard InChI is InChI=1S/C23H23ClN2O5/c1-12(23(30)31)11-25-21(28)13(2)20-14(3)26(19-9-8-17(27)10-18(19)20)22(29)15-4-6-16(24)7-5-15/h4-10,12-13,27H,11H2,1-3H3,(H,25,28)(H,30,31). The van der Waals surface area contributed by atoms with Crippen LogP contribution in [0.1, 0.15) is 41.4 Å². The normalized spacial score (nSPS) is 13.0. The molecule has 0 fully saturated rings. The fourth-order valence-corrected chi connectivity index (χ4v) is 3.71. The van der Waals surface area contributed by atoms with E-state index in [1.54, 1.807) is 44.2 Å². The maximum atomic E-state index is 13.3. The number of phenolic OH excluding ortho intramolecular Hbond substituents is 1. The van der Waals surface area contributed by atoms with Crippen LogP contribution in [0.5, 0.6) is 5.75 Å². The molecule has 3 aromatic rings. The molecule has 0 spiro atoms. The van der Waals surface area contributed by atoms with Gasteiger partial charge in [0.1, 0.15) is 5.75 Å². The van der Waals surface area contributed by atoms with Crippen LogP contribution in [0.2, 0.25) is 5.02 Å². The second-order valence-electron chi connectivity index (χ2n) is 7.55. The van der Waals surface area contributed by atoms with E-state index in [4.69, 9.17) is 16.7 Å². The Morgan fingerprint density at radius 3 is 2.35 bits per heavy atom. The molecule has 0 aliphatic heterocycles. The molecule has 0 radical (unpaired) electrons. The smallest absolute Gasteiger partial charge is 0.308 e. The quantitative estimate of drug-likeness (QED) is 0.535. The van der Waals surface area contributed by atoms with Gasteiger partial charge in [0.25, 0.3) is 5.91 Å². The predicted molar refractivity (Wildman–Crippen MR) is 118 cm³/mol. The Hall–Kier alpha value is -3.32.